The third-order valence-corrected chi connectivity index (χ3v) is 6.97. The Labute approximate surface area is 158 Å². The first-order valence-corrected chi connectivity index (χ1v) is 10.1. The van der Waals surface area contributed by atoms with Gasteiger partial charge in [-0.2, -0.15) is 4.68 Å². The Balaban J connectivity index is 1.58. The van der Waals surface area contributed by atoms with Gasteiger partial charge in [-0.3, -0.25) is 0 Å². The summed E-state index contributed by atoms with van der Waals surface area (Å²) < 4.78 is 1.78. The van der Waals surface area contributed by atoms with Gasteiger partial charge >= 0.3 is 0 Å². The molecule has 1 aliphatic carbocycles. The van der Waals surface area contributed by atoms with E-state index in [9.17, 15) is 0 Å². The molecule has 8 heteroatoms. The number of hydrogen-bond acceptors (Lipinski definition) is 7. The molecule has 4 aromatic rings. The molecule has 0 spiro atoms. The van der Waals surface area contributed by atoms with Crippen LogP contribution in [-0.4, -0.2) is 30.2 Å². The number of thiophene rings is 1. The Morgan fingerprint density at radius 1 is 1.12 bits per heavy atom. The second-order valence-corrected chi connectivity index (χ2v) is 8.50. The topological polar surface area (TPSA) is 69.4 Å². The highest BCUT2D eigenvalue weighted by molar-refractivity contribution is 7.99. The summed E-state index contributed by atoms with van der Waals surface area (Å²) in [6.07, 6.45) is 5.12. The quantitative estimate of drug-likeness (QED) is 0.502. The Hall–Kier alpha value is -2.32. The predicted molar refractivity (Wildman–Crippen MR) is 102 cm³/mol. The molecular weight excluding hydrogens is 364 g/mol. The Kier molecular flexibility index (Phi) is 3.75. The first-order valence-electron chi connectivity index (χ1n) is 8.50. The maximum Gasteiger partial charge on any atom is 0.220 e. The van der Waals surface area contributed by atoms with Gasteiger partial charge in [0.25, 0.3) is 0 Å². The summed E-state index contributed by atoms with van der Waals surface area (Å²) in [5.41, 5.74) is 4.84. The van der Waals surface area contributed by atoms with Gasteiger partial charge in [0.15, 0.2) is 0 Å². The van der Waals surface area contributed by atoms with E-state index < -0.39 is 0 Å². The lowest BCUT2D eigenvalue weighted by molar-refractivity contribution is 0.755. The largest absolute Gasteiger partial charge is 0.229 e. The smallest absolute Gasteiger partial charge is 0.220 e. The standard InChI is InChI=1S/C18H16N6S2/c1-10-6-7-12(8-11(10)2)24-18(21-22-23-24)26-17-15-13-4-3-5-14(13)25-16(15)19-9-20-17/h6-9H,3-5H2,1-2H3. The van der Waals surface area contributed by atoms with E-state index in [1.807, 2.05) is 6.07 Å². The van der Waals surface area contributed by atoms with Crippen LogP contribution in [0.15, 0.2) is 34.7 Å². The number of aromatic nitrogens is 6. The van der Waals surface area contributed by atoms with Crippen LogP contribution in [0.2, 0.25) is 0 Å². The van der Waals surface area contributed by atoms with Crippen LogP contribution in [0.4, 0.5) is 0 Å². The number of aryl methyl sites for hydroxylation is 4. The third-order valence-electron chi connectivity index (χ3n) is 4.83. The highest BCUT2D eigenvalue weighted by Gasteiger charge is 2.23. The zero-order chi connectivity index (χ0) is 17.7. The molecule has 0 bridgehead atoms. The molecule has 6 nitrogen and oxygen atoms in total. The van der Waals surface area contributed by atoms with Crippen LogP contribution in [0.5, 0.6) is 0 Å². The van der Waals surface area contributed by atoms with Crippen molar-refractivity contribution in [1.29, 1.82) is 0 Å². The van der Waals surface area contributed by atoms with E-state index in [4.69, 9.17) is 0 Å². The van der Waals surface area contributed by atoms with Gasteiger partial charge in [-0.15, -0.1) is 16.4 Å². The number of tetrazole rings is 1. The molecule has 0 aliphatic heterocycles. The predicted octanol–water partition coefficient (Wildman–Crippen LogP) is 3.92. The molecule has 0 saturated heterocycles. The zero-order valence-electron chi connectivity index (χ0n) is 14.4. The van der Waals surface area contributed by atoms with Gasteiger partial charge in [-0.25, -0.2) is 9.97 Å². The monoisotopic (exact) mass is 380 g/mol. The molecule has 1 aliphatic rings. The molecule has 130 valence electrons. The van der Waals surface area contributed by atoms with Gasteiger partial charge in [-0.05, 0) is 84.1 Å². The number of nitrogens with zero attached hydrogens (tertiary/aromatic N) is 6. The van der Waals surface area contributed by atoms with Gasteiger partial charge in [0, 0.05) is 10.3 Å². The van der Waals surface area contributed by atoms with Crippen LogP contribution in [0.3, 0.4) is 0 Å². The van der Waals surface area contributed by atoms with Crippen molar-refractivity contribution in [2.75, 3.05) is 0 Å². The van der Waals surface area contributed by atoms with Crippen LogP contribution in [0.25, 0.3) is 15.9 Å². The van der Waals surface area contributed by atoms with Gasteiger partial charge < -0.3 is 0 Å². The fourth-order valence-electron chi connectivity index (χ4n) is 3.33. The van der Waals surface area contributed by atoms with Crippen molar-refractivity contribution in [1.82, 2.24) is 30.2 Å². The highest BCUT2D eigenvalue weighted by atomic mass is 32.2. The molecule has 0 fully saturated rings. The molecule has 0 radical (unpaired) electrons. The van der Waals surface area contributed by atoms with E-state index in [1.54, 1.807) is 22.3 Å². The lowest BCUT2D eigenvalue weighted by Gasteiger charge is -2.07. The van der Waals surface area contributed by atoms with Crippen molar-refractivity contribution >= 4 is 33.3 Å². The lowest BCUT2D eigenvalue weighted by atomic mass is 10.1. The van der Waals surface area contributed by atoms with E-state index in [0.717, 1.165) is 28.4 Å². The summed E-state index contributed by atoms with van der Waals surface area (Å²) in [5, 5.41) is 15.1. The summed E-state index contributed by atoms with van der Waals surface area (Å²) in [4.78, 5) is 11.5. The number of rotatable bonds is 3. The molecule has 1 aromatic carbocycles. The molecule has 3 aromatic heterocycles. The molecule has 5 rings (SSSR count). The Morgan fingerprint density at radius 3 is 2.92 bits per heavy atom. The average Bonchev–Trinajstić information content (AvgIpc) is 3.33. The van der Waals surface area contributed by atoms with Crippen LogP contribution in [0, 0.1) is 13.8 Å². The summed E-state index contributed by atoms with van der Waals surface area (Å²) in [6, 6.07) is 6.24. The fraction of sp³-hybridized carbons (Fsp3) is 0.278. The summed E-state index contributed by atoms with van der Waals surface area (Å²) >= 11 is 3.30. The first kappa shape index (κ1) is 15.9. The van der Waals surface area contributed by atoms with Gasteiger partial charge in [-0.1, -0.05) is 6.07 Å². The SMILES string of the molecule is Cc1ccc(-n2nnnc2Sc2ncnc3sc4c(c23)CCC4)cc1C. The Bertz CT molecular complexity index is 1130. The highest BCUT2D eigenvalue weighted by Crippen LogP contribution is 2.41. The molecule has 0 amide bonds. The normalized spacial score (nSPS) is 13.5. The molecule has 0 saturated carbocycles. The maximum atomic E-state index is 4.55. The van der Waals surface area contributed by atoms with Crippen molar-refractivity contribution in [3.63, 3.8) is 0 Å². The minimum absolute atomic E-state index is 0.714. The molecule has 0 unspecified atom stereocenters. The van der Waals surface area contributed by atoms with E-state index in [-0.39, 0.29) is 0 Å². The number of benzene rings is 1. The summed E-state index contributed by atoms with van der Waals surface area (Å²) in [5.74, 6) is 0. The minimum Gasteiger partial charge on any atom is -0.229 e. The van der Waals surface area contributed by atoms with Crippen LogP contribution in [0.1, 0.15) is 28.0 Å². The Morgan fingerprint density at radius 2 is 2.04 bits per heavy atom. The number of fused-ring (bicyclic) bond motifs is 3. The van der Waals surface area contributed by atoms with E-state index in [2.05, 4.69) is 51.5 Å². The van der Waals surface area contributed by atoms with Gasteiger partial charge in [0.1, 0.15) is 16.2 Å². The van der Waals surface area contributed by atoms with E-state index >= 15 is 0 Å². The first-order chi connectivity index (χ1) is 12.7. The third kappa shape index (κ3) is 2.52. The van der Waals surface area contributed by atoms with Crippen LogP contribution < -0.4 is 0 Å². The van der Waals surface area contributed by atoms with Crippen molar-refractivity contribution in [3.8, 4) is 5.69 Å². The second kappa shape index (κ2) is 6.14. The summed E-state index contributed by atoms with van der Waals surface area (Å²) in [7, 11) is 0. The van der Waals surface area contributed by atoms with Gasteiger partial charge in [0.2, 0.25) is 5.16 Å². The molecule has 3 heterocycles. The lowest BCUT2D eigenvalue weighted by Crippen LogP contribution is -2.00. The average molecular weight is 381 g/mol. The van der Waals surface area contributed by atoms with Crippen molar-refractivity contribution in [2.45, 2.75) is 43.3 Å². The van der Waals surface area contributed by atoms with E-state index in [0.29, 0.717) is 5.16 Å². The molecule has 0 atom stereocenters. The van der Waals surface area contributed by atoms with E-state index in [1.165, 1.54) is 45.1 Å². The second-order valence-electron chi connectivity index (χ2n) is 6.46. The summed E-state index contributed by atoms with van der Waals surface area (Å²) in [6.45, 7) is 4.20. The minimum atomic E-state index is 0.714. The molecule has 26 heavy (non-hydrogen) atoms. The van der Waals surface area contributed by atoms with Crippen LogP contribution >= 0.6 is 23.1 Å². The van der Waals surface area contributed by atoms with Crippen molar-refractivity contribution in [2.24, 2.45) is 0 Å². The van der Waals surface area contributed by atoms with Crippen LogP contribution in [-0.2, 0) is 12.8 Å². The maximum absolute atomic E-state index is 4.55. The zero-order valence-corrected chi connectivity index (χ0v) is 16.1. The van der Waals surface area contributed by atoms with Gasteiger partial charge in [0.05, 0.1) is 5.69 Å². The fourth-order valence-corrected chi connectivity index (χ4v) is 5.52. The van der Waals surface area contributed by atoms with Crippen molar-refractivity contribution in [3.05, 3.63) is 46.1 Å². The number of hydrogen-bond donors (Lipinski definition) is 0. The molecular formula is C18H16N6S2. The van der Waals surface area contributed by atoms with Crippen molar-refractivity contribution < 1.29 is 0 Å². The molecule has 0 N–H and O–H groups in total.